The van der Waals surface area contributed by atoms with Gasteiger partial charge in [0, 0.05) is 11.4 Å². The Morgan fingerprint density at radius 3 is 2.63 bits per heavy atom. The molecule has 180 valence electrons. The summed E-state index contributed by atoms with van der Waals surface area (Å²) in [5, 5.41) is 13.8. The van der Waals surface area contributed by atoms with Crippen LogP contribution < -0.4 is 10.6 Å². The lowest BCUT2D eigenvalue weighted by Gasteiger charge is -2.10. The van der Waals surface area contributed by atoms with Gasteiger partial charge in [-0.3, -0.25) is 23.1 Å². The van der Waals surface area contributed by atoms with E-state index in [0.29, 0.717) is 0 Å². The number of nitrogens with zero attached hydrogens (tertiary/aromatic N) is 2. The van der Waals surface area contributed by atoms with E-state index in [1.54, 1.807) is 6.07 Å². The fourth-order valence-electron chi connectivity index (χ4n) is 3.20. The first kappa shape index (κ1) is 27.0. The second kappa shape index (κ2) is 12.3. The molecule has 3 N–H and O–H groups in total. The Bertz CT molecular complexity index is 1360. The fraction of sp³-hybridized carbons (Fsp3) is 0.217. The standard InChI is InChI=1S/C23H19FN4O6S/c1-4-10-28-15(3)19(21(29)23(31)26-9-5-6-11-34-35(32)33)14(2)20(28)22(30)27-17-7-8-18(24)16(12-17)13-25/h1,7-8,12H,9-11H2,2-3H3,(H,26,31)(H,27,30)(H,32,33). The summed E-state index contributed by atoms with van der Waals surface area (Å²) in [7, 11) is 0. The van der Waals surface area contributed by atoms with Crippen LogP contribution in [0.25, 0.3) is 0 Å². The van der Waals surface area contributed by atoms with Crippen LogP contribution in [-0.4, -0.2) is 44.1 Å². The molecule has 12 heteroatoms. The normalized spacial score (nSPS) is 10.8. The maximum atomic E-state index is 13.6. The van der Waals surface area contributed by atoms with Gasteiger partial charge in [-0.1, -0.05) is 17.8 Å². The molecule has 2 rings (SSSR count). The summed E-state index contributed by atoms with van der Waals surface area (Å²) in [5.41, 5.74) is 0.369. The zero-order chi connectivity index (χ0) is 26.1. The maximum absolute atomic E-state index is 13.6. The van der Waals surface area contributed by atoms with Gasteiger partial charge in [0.15, 0.2) is 0 Å². The lowest BCUT2D eigenvalue weighted by molar-refractivity contribution is -0.116. The number of halogens is 1. The molecular weight excluding hydrogens is 479 g/mol. The van der Waals surface area contributed by atoms with E-state index in [0.717, 1.165) is 12.1 Å². The average Bonchev–Trinajstić information content (AvgIpc) is 3.06. The van der Waals surface area contributed by atoms with Crippen molar-refractivity contribution in [2.24, 2.45) is 0 Å². The molecule has 0 aliphatic carbocycles. The first-order valence-corrected chi connectivity index (χ1v) is 10.8. The summed E-state index contributed by atoms with van der Waals surface area (Å²) in [6.45, 7) is 2.36. The molecule has 0 spiro atoms. The lowest BCUT2D eigenvalue weighted by Crippen LogP contribution is -2.32. The summed E-state index contributed by atoms with van der Waals surface area (Å²) in [6, 6.07) is 5.14. The largest absolute Gasteiger partial charge is 0.338 e. The highest BCUT2D eigenvalue weighted by Gasteiger charge is 2.29. The highest BCUT2D eigenvalue weighted by atomic mass is 32.2. The molecule has 2 aromatic rings. The van der Waals surface area contributed by atoms with Crippen molar-refractivity contribution in [3.8, 4) is 30.3 Å². The minimum Gasteiger partial charge on any atom is -0.338 e. The predicted octanol–water partition coefficient (Wildman–Crippen LogP) is 1.46. The summed E-state index contributed by atoms with van der Waals surface area (Å²) < 4.78 is 38.1. The first-order valence-electron chi connectivity index (χ1n) is 9.78. The van der Waals surface area contributed by atoms with Crippen LogP contribution in [0.5, 0.6) is 0 Å². The average molecular weight is 498 g/mol. The van der Waals surface area contributed by atoms with E-state index in [1.807, 2.05) is 0 Å². The number of terminal acetylenes is 1. The van der Waals surface area contributed by atoms with Gasteiger partial charge in [-0.25, -0.2) is 4.39 Å². The van der Waals surface area contributed by atoms with Gasteiger partial charge in [0.2, 0.25) is 0 Å². The van der Waals surface area contributed by atoms with Crippen LogP contribution in [0, 0.1) is 55.2 Å². The van der Waals surface area contributed by atoms with Gasteiger partial charge in [-0.2, -0.15) is 9.47 Å². The number of amides is 2. The van der Waals surface area contributed by atoms with E-state index in [2.05, 4.69) is 32.6 Å². The number of hydrogen-bond acceptors (Lipinski definition) is 6. The number of nitrogens with one attached hydrogen (secondary N) is 2. The second-order valence-electron chi connectivity index (χ2n) is 6.83. The number of carbonyl (C=O) groups excluding carboxylic acids is 3. The van der Waals surface area contributed by atoms with Crippen LogP contribution in [0.15, 0.2) is 18.2 Å². The van der Waals surface area contributed by atoms with Crippen molar-refractivity contribution in [1.29, 1.82) is 5.26 Å². The highest BCUT2D eigenvalue weighted by molar-refractivity contribution is 7.74. The van der Waals surface area contributed by atoms with Crippen LogP contribution in [0.1, 0.15) is 37.7 Å². The Kier molecular flexibility index (Phi) is 9.44. The minimum atomic E-state index is -2.46. The third-order valence-corrected chi connectivity index (χ3v) is 5.02. The van der Waals surface area contributed by atoms with Crippen LogP contribution in [0.4, 0.5) is 10.1 Å². The number of aromatic nitrogens is 1. The number of Topliss-reactive ketones (excluding diaryl/α,β-unsaturated/α-hetero) is 1. The zero-order valence-corrected chi connectivity index (χ0v) is 19.4. The van der Waals surface area contributed by atoms with E-state index in [1.165, 1.54) is 24.5 Å². The Morgan fingerprint density at radius 1 is 1.29 bits per heavy atom. The Morgan fingerprint density at radius 2 is 2.00 bits per heavy atom. The van der Waals surface area contributed by atoms with Crippen LogP contribution in [0.2, 0.25) is 0 Å². The van der Waals surface area contributed by atoms with Crippen molar-refractivity contribution in [1.82, 2.24) is 9.88 Å². The molecule has 0 radical (unpaired) electrons. The van der Waals surface area contributed by atoms with Crippen molar-refractivity contribution in [2.75, 3.05) is 18.5 Å². The maximum Gasteiger partial charge on any atom is 0.302 e. The highest BCUT2D eigenvalue weighted by Crippen LogP contribution is 2.24. The molecule has 1 unspecified atom stereocenters. The molecule has 0 aliphatic rings. The van der Waals surface area contributed by atoms with Gasteiger partial charge < -0.3 is 15.2 Å². The van der Waals surface area contributed by atoms with E-state index in [9.17, 15) is 23.0 Å². The van der Waals surface area contributed by atoms with E-state index < -0.39 is 34.8 Å². The van der Waals surface area contributed by atoms with Gasteiger partial charge in [-0.15, -0.1) is 6.42 Å². The van der Waals surface area contributed by atoms with Crippen molar-refractivity contribution < 1.29 is 31.7 Å². The Hall–Kier alpha value is -4.28. The van der Waals surface area contributed by atoms with Crippen molar-refractivity contribution >= 4 is 34.6 Å². The van der Waals surface area contributed by atoms with Crippen molar-refractivity contribution in [3.05, 3.63) is 52.1 Å². The fourth-order valence-corrected chi connectivity index (χ4v) is 3.36. The quantitative estimate of drug-likeness (QED) is 0.216. The molecule has 1 aromatic heterocycles. The van der Waals surface area contributed by atoms with Gasteiger partial charge in [-0.05, 0) is 37.6 Å². The predicted molar refractivity (Wildman–Crippen MR) is 124 cm³/mol. The van der Waals surface area contributed by atoms with Crippen molar-refractivity contribution in [2.45, 2.75) is 20.4 Å². The topological polar surface area (TPSA) is 151 Å². The molecule has 1 aromatic carbocycles. The monoisotopic (exact) mass is 498 g/mol. The van der Waals surface area contributed by atoms with Gasteiger partial charge in [0.1, 0.15) is 24.2 Å². The summed E-state index contributed by atoms with van der Waals surface area (Å²) >= 11 is -2.46. The SMILES string of the molecule is C#CCn1c(C)c(C(=O)C(=O)NCC#CCOS(=O)O)c(C)c1C(=O)Nc1ccc(F)c(C#N)c1. The molecule has 35 heavy (non-hydrogen) atoms. The number of hydrogen-bond donors (Lipinski definition) is 3. The van der Waals surface area contributed by atoms with Crippen molar-refractivity contribution in [3.63, 3.8) is 0 Å². The lowest BCUT2D eigenvalue weighted by atomic mass is 10.0. The molecule has 10 nitrogen and oxygen atoms in total. The Balaban J connectivity index is 2.30. The summed E-state index contributed by atoms with van der Waals surface area (Å²) in [4.78, 5) is 38.2. The second-order valence-corrected chi connectivity index (χ2v) is 7.50. The van der Waals surface area contributed by atoms with Gasteiger partial charge >= 0.3 is 11.4 Å². The van der Waals surface area contributed by atoms with Gasteiger partial charge in [0.25, 0.3) is 17.6 Å². The third-order valence-electron chi connectivity index (χ3n) is 4.70. The smallest absolute Gasteiger partial charge is 0.302 e. The number of benzene rings is 1. The minimum absolute atomic E-state index is 0.0216. The molecule has 0 saturated heterocycles. The number of nitriles is 1. The molecule has 0 bridgehead atoms. The first-order chi connectivity index (χ1) is 16.6. The molecule has 0 saturated carbocycles. The van der Waals surface area contributed by atoms with Gasteiger partial charge in [0.05, 0.1) is 24.2 Å². The molecule has 1 heterocycles. The number of rotatable bonds is 8. The van der Waals surface area contributed by atoms with E-state index >= 15 is 0 Å². The van der Waals surface area contributed by atoms with E-state index in [4.69, 9.17) is 16.2 Å². The number of ketones is 1. The molecule has 0 fully saturated rings. The summed E-state index contributed by atoms with van der Waals surface area (Å²) in [5.74, 6) is 3.89. The molecule has 1 atom stereocenters. The summed E-state index contributed by atoms with van der Waals surface area (Å²) in [6.07, 6.45) is 5.42. The van der Waals surface area contributed by atoms with Crippen LogP contribution in [0.3, 0.4) is 0 Å². The Labute approximate surface area is 202 Å². The number of anilines is 1. The van der Waals surface area contributed by atoms with E-state index in [-0.39, 0.29) is 53.5 Å². The molecular formula is C23H19FN4O6S. The molecule has 2 amide bonds. The van der Waals surface area contributed by atoms with Crippen LogP contribution >= 0.6 is 0 Å². The number of carbonyl (C=O) groups is 3. The molecule has 0 aliphatic heterocycles. The van der Waals surface area contributed by atoms with Crippen LogP contribution in [-0.2, 0) is 26.9 Å². The zero-order valence-electron chi connectivity index (χ0n) is 18.6. The third kappa shape index (κ3) is 6.62.